The summed E-state index contributed by atoms with van der Waals surface area (Å²) in [6.45, 7) is 4.06. The SMILES string of the molecule is CCCCCOc1cc(NC(=O)N2CCCCC2)c(F)cc1Cl. The second-order valence-electron chi connectivity index (χ2n) is 5.80. The van der Waals surface area contributed by atoms with Gasteiger partial charge in [0.25, 0.3) is 0 Å². The van der Waals surface area contributed by atoms with Gasteiger partial charge in [-0.25, -0.2) is 9.18 Å². The monoisotopic (exact) mass is 342 g/mol. The summed E-state index contributed by atoms with van der Waals surface area (Å²) in [6, 6.07) is 2.37. The molecule has 0 saturated carbocycles. The van der Waals surface area contributed by atoms with Gasteiger partial charge in [-0.1, -0.05) is 31.4 Å². The fourth-order valence-electron chi connectivity index (χ4n) is 2.56. The summed E-state index contributed by atoms with van der Waals surface area (Å²) < 4.78 is 19.6. The normalized spacial score (nSPS) is 14.7. The van der Waals surface area contributed by atoms with Crippen molar-refractivity contribution >= 4 is 23.3 Å². The number of anilines is 1. The maximum Gasteiger partial charge on any atom is 0.321 e. The molecule has 4 nitrogen and oxygen atoms in total. The Morgan fingerprint density at radius 3 is 2.74 bits per heavy atom. The third-order valence-corrected chi connectivity index (χ3v) is 4.21. The number of urea groups is 1. The van der Waals surface area contributed by atoms with E-state index in [2.05, 4.69) is 12.2 Å². The summed E-state index contributed by atoms with van der Waals surface area (Å²) in [7, 11) is 0. The van der Waals surface area contributed by atoms with Gasteiger partial charge < -0.3 is 15.0 Å². The minimum atomic E-state index is -0.554. The number of nitrogens with zero attached hydrogens (tertiary/aromatic N) is 1. The van der Waals surface area contributed by atoms with E-state index in [9.17, 15) is 9.18 Å². The Kier molecular flexibility index (Phi) is 6.96. The lowest BCUT2D eigenvalue weighted by atomic mass is 10.1. The van der Waals surface area contributed by atoms with Crippen molar-refractivity contribution in [1.82, 2.24) is 4.90 Å². The van der Waals surface area contributed by atoms with Crippen LogP contribution in [0.3, 0.4) is 0 Å². The van der Waals surface area contributed by atoms with Crippen molar-refractivity contribution in [3.63, 3.8) is 0 Å². The van der Waals surface area contributed by atoms with Crippen LogP contribution in [0, 0.1) is 5.82 Å². The molecule has 1 fully saturated rings. The number of benzene rings is 1. The average molecular weight is 343 g/mol. The van der Waals surface area contributed by atoms with Crippen molar-refractivity contribution < 1.29 is 13.9 Å². The van der Waals surface area contributed by atoms with Gasteiger partial charge in [-0.2, -0.15) is 0 Å². The number of amides is 2. The predicted molar refractivity (Wildman–Crippen MR) is 90.9 cm³/mol. The molecule has 1 aliphatic rings. The minimum absolute atomic E-state index is 0.107. The third kappa shape index (κ3) is 5.27. The van der Waals surface area contributed by atoms with E-state index in [1.807, 2.05) is 0 Å². The highest BCUT2D eigenvalue weighted by Gasteiger charge is 2.19. The molecule has 2 amide bonds. The van der Waals surface area contributed by atoms with Gasteiger partial charge in [0.05, 0.1) is 17.3 Å². The van der Waals surface area contributed by atoms with E-state index in [4.69, 9.17) is 16.3 Å². The summed E-state index contributed by atoms with van der Waals surface area (Å²) in [6.07, 6.45) is 6.19. The lowest BCUT2D eigenvalue weighted by molar-refractivity contribution is 0.200. The van der Waals surface area contributed by atoms with Crippen LogP contribution >= 0.6 is 11.6 Å². The Morgan fingerprint density at radius 2 is 2.04 bits per heavy atom. The number of rotatable bonds is 6. The molecule has 1 aliphatic heterocycles. The smallest absolute Gasteiger partial charge is 0.321 e. The number of carbonyl (C=O) groups excluding carboxylic acids is 1. The molecular formula is C17H24ClFN2O2. The van der Waals surface area contributed by atoms with E-state index in [-0.39, 0.29) is 16.7 Å². The van der Waals surface area contributed by atoms with Gasteiger partial charge in [0, 0.05) is 19.2 Å². The standard InChI is InChI=1S/C17H24ClFN2O2/c1-2-3-7-10-23-16-12-15(14(19)11-13(16)18)20-17(22)21-8-5-4-6-9-21/h11-12H,2-10H2,1H3,(H,20,22). The highest BCUT2D eigenvalue weighted by atomic mass is 35.5. The van der Waals surface area contributed by atoms with Gasteiger partial charge in [-0.05, 0) is 31.7 Å². The van der Waals surface area contributed by atoms with Crippen molar-refractivity contribution in [3.8, 4) is 5.75 Å². The minimum Gasteiger partial charge on any atom is -0.492 e. The molecule has 0 unspecified atom stereocenters. The van der Waals surface area contributed by atoms with Crippen LogP contribution in [0.1, 0.15) is 45.4 Å². The van der Waals surface area contributed by atoms with Crippen LogP contribution in [0.2, 0.25) is 5.02 Å². The number of halogens is 2. The number of nitrogens with one attached hydrogen (secondary N) is 1. The first-order valence-corrected chi connectivity index (χ1v) is 8.67. The van der Waals surface area contributed by atoms with Crippen molar-refractivity contribution in [2.75, 3.05) is 25.0 Å². The molecule has 6 heteroatoms. The average Bonchev–Trinajstić information content (AvgIpc) is 2.56. The van der Waals surface area contributed by atoms with Crippen LogP contribution in [-0.4, -0.2) is 30.6 Å². The third-order valence-electron chi connectivity index (χ3n) is 3.91. The first kappa shape index (κ1) is 17.9. The molecule has 0 aromatic heterocycles. The zero-order valence-electron chi connectivity index (χ0n) is 13.5. The zero-order chi connectivity index (χ0) is 16.7. The summed E-state index contributed by atoms with van der Waals surface area (Å²) in [5, 5.41) is 2.84. The van der Waals surface area contributed by atoms with E-state index >= 15 is 0 Å². The molecule has 0 radical (unpaired) electrons. The largest absolute Gasteiger partial charge is 0.492 e. The van der Waals surface area contributed by atoms with Crippen molar-refractivity contribution in [1.29, 1.82) is 0 Å². The maximum absolute atomic E-state index is 14.0. The summed E-state index contributed by atoms with van der Waals surface area (Å²) in [5.41, 5.74) is 0.107. The quantitative estimate of drug-likeness (QED) is 0.733. The predicted octanol–water partition coefficient (Wildman–Crippen LogP) is 5.07. The first-order chi connectivity index (χ1) is 11.1. The number of ether oxygens (including phenoxy) is 1. The molecule has 2 rings (SSSR count). The van der Waals surface area contributed by atoms with Crippen molar-refractivity contribution in [3.05, 3.63) is 23.0 Å². The van der Waals surface area contributed by atoms with Crippen LogP contribution < -0.4 is 10.1 Å². The number of hydrogen-bond donors (Lipinski definition) is 1. The Balaban J connectivity index is 2.00. The molecule has 1 heterocycles. The van der Waals surface area contributed by atoms with Crippen molar-refractivity contribution in [2.24, 2.45) is 0 Å². The van der Waals surface area contributed by atoms with Crippen LogP contribution in [0.5, 0.6) is 5.75 Å². The fourth-order valence-corrected chi connectivity index (χ4v) is 2.77. The lowest BCUT2D eigenvalue weighted by Gasteiger charge is -2.27. The van der Waals surface area contributed by atoms with Crippen LogP contribution in [0.15, 0.2) is 12.1 Å². The maximum atomic E-state index is 14.0. The van der Waals surface area contributed by atoms with Gasteiger partial charge in [0.1, 0.15) is 11.6 Å². The van der Waals surface area contributed by atoms with Gasteiger partial charge in [0.2, 0.25) is 0 Å². The Morgan fingerprint density at radius 1 is 1.30 bits per heavy atom. The molecule has 0 atom stereocenters. The molecule has 1 aromatic rings. The van der Waals surface area contributed by atoms with E-state index in [0.29, 0.717) is 25.4 Å². The molecule has 0 bridgehead atoms. The van der Waals surface area contributed by atoms with E-state index in [1.165, 1.54) is 12.1 Å². The number of piperidine rings is 1. The topological polar surface area (TPSA) is 41.6 Å². The number of hydrogen-bond acceptors (Lipinski definition) is 2. The van der Waals surface area contributed by atoms with E-state index < -0.39 is 5.82 Å². The molecule has 128 valence electrons. The van der Waals surface area contributed by atoms with Gasteiger partial charge >= 0.3 is 6.03 Å². The highest BCUT2D eigenvalue weighted by molar-refractivity contribution is 6.32. The summed E-state index contributed by atoms with van der Waals surface area (Å²) in [4.78, 5) is 13.9. The first-order valence-electron chi connectivity index (χ1n) is 8.29. The van der Waals surface area contributed by atoms with E-state index in [1.54, 1.807) is 4.90 Å². The molecule has 1 N–H and O–H groups in total. The van der Waals surface area contributed by atoms with Crippen LogP contribution in [0.4, 0.5) is 14.9 Å². The number of likely N-dealkylation sites (tertiary alicyclic amines) is 1. The molecular weight excluding hydrogens is 319 g/mol. The second kappa shape index (κ2) is 8.96. The molecule has 23 heavy (non-hydrogen) atoms. The van der Waals surface area contributed by atoms with E-state index in [0.717, 1.165) is 38.5 Å². The second-order valence-corrected chi connectivity index (χ2v) is 6.20. The van der Waals surface area contributed by atoms with Crippen LogP contribution in [0.25, 0.3) is 0 Å². The highest BCUT2D eigenvalue weighted by Crippen LogP contribution is 2.31. The molecule has 0 aliphatic carbocycles. The lowest BCUT2D eigenvalue weighted by Crippen LogP contribution is -2.38. The summed E-state index contributed by atoms with van der Waals surface area (Å²) in [5.74, 6) is -0.153. The summed E-state index contributed by atoms with van der Waals surface area (Å²) >= 11 is 6.01. The number of unbranched alkanes of at least 4 members (excludes halogenated alkanes) is 2. The Labute approximate surface area is 141 Å². The number of carbonyl (C=O) groups is 1. The Hall–Kier alpha value is -1.49. The fraction of sp³-hybridized carbons (Fsp3) is 0.588. The molecule has 1 aromatic carbocycles. The van der Waals surface area contributed by atoms with Gasteiger partial charge in [-0.15, -0.1) is 0 Å². The van der Waals surface area contributed by atoms with Crippen LogP contribution in [-0.2, 0) is 0 Å². The van der Waals surface area contributed by atoms with Gasteiger partial charge in [-0.3, -0.25) is 0 Å². The van der Waals surface area contributed by atoms with Gasteiger partial charge in [0.15, 0.2) is 0 Å². The molecule has 1 saturated heterocycles. The Bertz CT molecular complexity index is 534. The van der Waals surface area contributed by atoms with Crippen molar-refractivity contribution in [2.45, 2.75) is 45.4 Å². The zero-order valence-corrected chi connectivity index (χ0v) is 14.3. The molecule has 0 spiro atoms.